The third-order valence-corrected chi connectivity index (χ3v) is 4.09. The number of nitrogens with zero attached hydrogens (tertiary/aromatic N) is 2. The minimum atomic E-state index is 0.538. The molecule has 0 saturated carbocycles. The third-order valence-electron chi connectivity index (χ3n) is 3.88. The van der Waals surface area contributed by atoms with Crippen LogP contribution in [0.15, 0.2) is 48.5 Å². The molecule has 2 heterocycles. The van der Waals surface area contributed by atoms with E-state index in [0.717, 1.165) is 17.4 Å². The van der Waals surface area contributed by atoms with Crippen molar-refractivity contribution in [3.8, 4) is 0 Å². The van der Waals surface area contributed by atoms with Gasteiger partial charge in [-0.25, -0.2) is 4.98 Å². The van der Waals surface area contributed by atoms with Crippen molar-refractivity contribution in [2.75, 3.05) is 0 Å². The van der Waals surface area contributed by atoms with Gasteiger partial charge in [-0.2, -0.15) is 0 Å². The Morgan fingerprint density at radius 2 is 1.75 bits per heavy atom. The van der Waals surface area contributed by atoms with Crippen LogP contribution in [0.5, 0.6) is 0 Å². The van der Waals surface area contributed by atoms with E-state index in [1.807, 2.05) is 6.07 Å². The first kappa shape index (κ1) is 11.7. The zero-order valence-electron chi connectivity index (χ0n) is 11.1. The molecule has 4 rings (SSSR count). The lowest BCUT2D eigenvalue weighted by Crippen LogP contribution is -1.94. The van der Waals surface area contributed by atoms with E-state index in [9.17, 15) is 0 Å². The number of hydrogen-bond donors (Lipinski definition) is 0. The Bertz CT molecular complexity index is 953. The Kier molecular flexibility index (Phi) is 2.48. The number of aryl methyl sites for hydroxylation is 1. The molecule has 0 radical (unpaired) electrons. The summed E-state index contributed by atoms with van der Waals surface area (Å²) < 4.78 is 2.35. The lowest BCUT2D eigenvalue weighted by Gasteiger charge is -2.06. The van der Waals surface area contributed by atoms with Gasteiger partial charge in [-0.1, -0.05) is 35.9 Å². The van der Waals surface area contributed by atoms with E-state index in [0.29, 0.717) is 5.15 Å². The van der Waals surface area contributed by atoms with E-state index in [-0.39, 0.29) is 0 Å². The zero-order chi connectivity index (χ0) is 13.7. The normalized spacial score (nSPS) is 11.7. The van der Waals surface area contributed by atoms with Crippen LogP contribution in [-0.4, -0.2) is 9.55 Å². The van der Waals surface area contributed by atoms with Crippen LogP contribution in [0.1, 0.15) is 6.92 Å². The molecule has 0 amide bonds. The highest BCUT2D eigenvalue weighted by Gasteiger charge is 2.12. The molecule has 0 aliphatic heterocycles. The fraction of sp³-hybridized carbons (Fsp3) is 0.118. The average molecular weight is 281 g/mol. The second kappa shape index (κ2) is 4.22. The second-order valence-electron chi connectivity index (χ2n) is 4.92. The molecular weight excluding hydrogens is 268 g/mol. The van der Waals surface area contributed by atoms with Crippen molar-refractivity contribution >= 4 is 44.3 Å². The number of pyridine rings is 1. The summed E-state index contributed by atoms with van der Waals surface area (Å²) >= 11 is 6.00. The van der Waals surface area contributed by atoms with Crippen LogP contribution in [0.3, 0.4) is 0 Å². The molecule has 0 fully saturated rings. The largest absolute Gasteiger partial charge is 0.340 e. The molecule has 0 bridgehead atoms. The molecule has 0 saturated heterocycles. The van der Waals surface area contributed by atoms with Crippen LogP contribution >= 0.6 is 11.6 Å². The second-order valence-corrected chi connectivity index (χ2v) is 5.31. The van der Waals surface area contributed by atoms with Gasteiger partial charge in [0.15, 0.2) is 0 Å². The number of halogens is 1. The van der Waals surface area contributed by atoms with Crippen molar-refractivity contribution in [1.82, 2.24) is 9.55 Å². The molecule has 3 heteroatoms. The van der Waals surface area contributed by atoms with Gasteiger partial charge in [-0.15, -0.1) is 0 Å². The lowest BCUT2D eigenvalue weighted by atomic mass is 10.1. The van der Waals surface area contributed by atoms with Gasteiger partial charge in [0.1, 0.15) is 5.15 Å². The molecule has 0 aliphatic rings. The average Bonchev–Trinajstić information content (AvgIpc) is 2.81. The summed E-state index contributed by atoms with van der Waals surface area (Å²) in [6.45, 7) is 3.11. The summed E-state index contributed by atoms with van der Waals surface area (Å²) in [5, 5.41) is 4.27. The van der Waals surface area contributed by atoms with Crippen molar-refractivity contribution < 1.29 is 0 Å². The number of rotatable bonds is 1. The molecule has 0 N–H and O–H groups in total. The highest BCUT2D eigenvalue weighted by atomic mass is 35.5. The Morgan fingerprint density at radius 1 is 0.950 bits per heavy atom. The van der Waals surface area contributed by atoms with E-state index in [1.165, 1.54) is 21.8 Å². The number of para-hydroxylation sites is 1. The van der Waals surface area contributed by atoms with E-state index in [2.05, 4.69) is 58.9 Å². The molecule has 0 atom stereocenters. The van der Waals surface area contributed by atoms with Crippen LogP contribution in [0, 0.1) is 0 Å². The van der Waals surface area contributed by atoms with Crippen LogP contribution in [-0.2, 0) is 6.54 Å². The van der Waals surface area contributed by atoms with Gasteiger partial charge in [-0.05, 0) is 31.2 Å². The Morgan fingerprint density at radius 3 is 2.60 bits per heavy atom. The number of fused-ring (bicyclic) bond motifs is 5. The molecule has 2 aromatic carbocycles. The predicted molar refractivity (Wildman–Crippen MR) is 85.4 cm³/mol. The van der Waals surface area contributed by atoms with Crippen molar-refractivity contribution in [3.63, 3.8) is 0 Å². The van der Waals surface area contributed by atoms with Crippen molar-refractivity contribution in [2.24, 2.45) is 0 Å². The monoisotopic (exact) mass is 280 g/mol. The number of aromatic nitrogens is 2. The molecule has 2 aromatic heterocycles. The van der Waals surface area contributed by atoms with Crippen LogP contribution < -0.4 is 0 Å². The third kappa shape index (κ3) is 1.49. The fourth-order valence-electron chi connectivity index (χ4n) is 3.06. The highest BCUT2D eigenvalue weighted by Crippen LogP contribution is 2.33. The first-order chi connectivity index (χ1) is 9.79. The summed E-state index contributed by atoms with van der Waals surface area (Å²) in [6, 6.07) is 16.7. The maximum absolute atomic E-state index is 6.00. The Labute approximate surface area is 121 Å². The standard InChI is InChI=1S/C17H13ClN2/c1-2-20-15-6-4-3-5-11(15)12-7-9-14-13(17(12)20)8-10-16(18)19-14/h3-10H,2H2,1H3. The van der Waals surface area contributed by atoms with Gasteiger partial charge in [0, 0.05) is 28.2 Å². The Hall–Kier alpha value is -2.06. The predicted octanol–water partition coefficient (Wildman–Crippen LogP) is 5.02. The molecule has 2 nitrogen and oxygen atoms in total. The molecule has 4 aromatic rings. The van der Waals surface area contributed by atoms with E-state index >= 15 is 0 Å². The number of benzene rings is 2. The first-order valence-electron chi connectivity index (χ1n) is 6.76. The highest BCUT2D eigenvalue weighted by molar-refractivity contribution is 6.30. The summed E-state index contributed by atoms with van der Waals surface area (Å²) in [7, 11) is 0. The van der Waals surface area contributed by atoms with Gasteiger partial charge < -0.3 is 4.57 Å². The van der Waals surface area contributed by atoms with E-state index < -0.39 is 0 Å². The maximum Gasteiger partial charge on any atom is 0.129 e. The van der Waals surface area contributed by atoms with Gasteiger partial charge in [0.2, 0.25) is 0 Å². The van der Waals surface area contributed by atoms with Crippen LogP contribution in [0.4, 0.5) is 0 Å². The van der Waals surface area contributed by atoms with Crippen molar-refractivity contribution in [1.29, 1.82) is 0 Å². The van der Waals surface area contributed by atoms with Crippen molar-refractivity contribution in [2.45, 2.75) is 13.5 Å². The number of hydrogen-bond acceptors (Lipinski definition) is 1. The summed E-state index contributed by atoms with van der Waals surface area (Å²) in [5.74, 6) is 0. The van der Waals surface area contributed by atoms with Gasteiger partial charge in [0.25, 0.3) is 0 Å². The fourth-order valence-corrected chi connectivity index (χ4v) is 3.21. The van der Waals surface area contributed by atoms with E-state index in [1.54, 1.807) is 0 Å². The molecule has 0 unspecified atom stereocenters. The molecule has 20 heavy (non-hydrogen) atoms. The summed E-state index contributed by atoms with van der Waals surface area (Å²) in [4.78, 5) is 4.42. The lowest BCUT2D eigenvalue weighted by molar-refractivity contribution is 0.829. The first-order valence-corrected chi connectivity index (χ1v) is 7.13. The summed E-state index contributed by atoms with van der Waals surface area (Å²) in [5.41, 5.74) is 3.46. The van der Waals surface area contributed by atoms with Crippen LogP contribution in [0.2, 0.25) is 5.15 Å². The molecule has 0 aliphatic carbocycles. The smallest absolute Gasteiger partial charge is 0.129 e. The Balaban J connectivity index is 2.32. The molecule has 0 spiro atoms. The van der Waals surface area contributed by atoms with Crippen molar-refractivity contribution in [3.05, 3.63) is 53.7 Å². The maximum atomic E-state index is 6.00. The molecule has 98 valence electrons. The topological polar surface area (TPSA) is 17.8 Å². The van der Waals surface area contributed by atoms with Gasteiger partial charge >= 0.3 is 0 Å². The van der Waals surface area contributed by atoms with Gasteiger partial charge in [0.05, 0.1) is 11.0 Å². The summed E-state index contributed by atoms with van der Waals surface area (Å²) in [6.07, 6.45) is 0. The zero-order valence-corrected chi connectivity index (χ0v) is 11.9. The SMILES string of the molecule is CCn1c2ccccc2c2ccc3nc(Cl)ccc3c21. The van der Waals surface area contributed by atoms with E-state index in [4.69, 9.17) is 11.6 Å². The van der Waals surface area contributed by atoms with Gasteiger partial charge in [-0.3, -0.25) is 0 Å². The minimum Gasteiger partial charge on any atom is -0.340 e. The van der Waals surface area contributed by atoms with Crippen LogP contribution in [0.25, 0.3) is 32.7 Å². The minimum absolute atomic E-state index is 0.538. The molecular formula is C17H13ClN2. The quantitative estimate of drug-likeness (QED) is 0.448.